The van der Waals surface area contributed by atoms with Crippen molar-refractivity contribution in [1.82, 2.24) is 24.7 Å². The van der Waals surface area contributed by atoms with Crippen molar-refractivity contribution in [2.75, 3.05) is 24.4 Å². The summed E-state index contributed by atoms with van der Waals surface area (Å²) in [6, 6.07) is 2.83. The molecule has 0 radical (unpaired) electrons. The second kappa shape index (κ2) is 11.1. The van der Waals surface area contributed by atoms with Gasteiger partial charge in [-0.15, -0.1) is 0 Å². The third kappa shape index (κ3) is 6.21. The van der Waals surface area contributed by atoms with Crippen molar-refractivity contribution in [3.8, 4) is 0 Å². The van der Waals surface area contributed by atoms with Gasteiger partial charge in [-0.05, 0) is 24.5 Å². The largest absolute Gasteiger partial charge is 0.467 e. The number of methoxy groups -OCH3 is 1. The maximum Gasteiger partial charge on any atom is 0.332 e. The molecule has 13 heteroatoms. The maximum atomic E-state index is 12.4. The third-order valence-electron chi connectivity index (χ3n) is 5.32. The molecule has 0 aromatic carbocycles. The van der Waals surface area contributed by atoms with Crippen LogP contribution in [0.4, 0.5) is 17.5 Å². The molecule has 0 aliphatic carbocycles. The van der Waals surface area contributed by atoms with Crippen LogP contribution in [0.2, 0.25) is 5.15 Å². The molecule has 0 saturated heterocycles. The van der Waals surface area contributed by atoms with Crippen molar-refractivity contribution in [2.45, 2.75) is 39.9 Å². The molecule has 1 atom stereocenters. The van der Waals surface area contributed by atoms with Gasteiger partial charge in [-0.1, -0.05) is 31.5 Å². The van der Waals surface area contributed by atoms with Crippen LogP contribution < -0.4 is 10.2 Å². The van der Waals surface area contributed by atoms with E-state index >= 15 is 0 Å². The number of carbonyl (C=O) groups excluding carboxylic acids is 1. The molecule has 3 aromatic heterocycles. The Labute approximate surface area is 207 Å². The topological polar surface area (TPSA) is 141 Å². The fourth-order valence-corrected chi connectivity index (χ4v) is 3.78. The first-order chi connectivity index (χ1) is 16.6. The summed E-state index contributed by atoms with van der Waals surface area (Å²) in [6.45, 7) is 6.05. The smallest absolute Gasteiger partial charge is 0.332 e. The molecule has 0 saturated carbocycles. The molecule has 0 aliphatic rings. The molecule has 1 N–H and O–H groups in total. The number of carbonyl (C=O) groups is 1. The molecule has 12 nitrogen and oxygen atoms in total. The van der Waals surface area contributed by atoms with Crippen molar-refractivity contribution < 1.29 is 14.5 Å². The minimum atomic E-state index is -0.763. The molecular weight excluding hydrogens is 476 g/mol. The lowest BCUT2D eigenvalue weighted by atomic mass is 10.0. The Morgan fingerprint density at radius 1 is 1.29 bits per heavy atom. The summed E-state index contributed by atoms with van der Waals surface area (Å²) in [6.07, 6.45) is 5.25. The van der Waals surface area contributed by atoms with Gasteiger partial charge in [-0.3, -0.25) is 14.8 Å². The summed E-state index contributed by atoms with van der Waals surface area (Å²) in [5.74, 6) is -0.469. The van der Waals surface area contributed by atoms with Crippen LogP contribution in [0.15, 0.2) is 30.7 Å². The van der Waals surface area contributed by atoms with E-state index in [1.807, 2.05) is 26.1 Å². The minimum absolute atomic E-state index is 0.0278. The Morgan fingerprint density at radius 3 is 2.63 bits per heavy atom. The number of pyridine rings is 1. The molecular formula is C22H27ClN8O4. The van der Waals surface area contributed by atoms with Crippen LogP contribution in [0.1, 0.15) is 30.7 Å². The molecule has 186 valence electrons. The first-order valence-electron chi connectivity index (χ1n) is 10.8. The maximum absolute atomic E-state index is 12.4. The normalized spacial score (nSPS) is 11.9. The first-order valence-corrected chi connectivity index (χ1v) is 11.2. The van der Waals surface area contributed by atoms with Crippen LogP contribution in [-0.4, -0.2) is 55.8 Å². The SMILES string of the molecule is COC(=O)[C@H](C(C)C)N(C)c1nc(NCc2cnn(Cc3ccc(Cl)nc3)c2)nc(C)c1[N+](=O)[O-]. The highest BCUT2D eigenvalue weighted by molar-refractivity contribution is 6.29. The Hall–Kier alpha value is -3.80. The summed E-state index contributed by atoms with van der Waals surface area (Å²) in [5, 5.41) is 19.6. The van der Waals surface area contributed by atoms with Gasteiger partial charge in [0.25, 0.3) is 0 Å². The number of rotatable bonds is 10. The number of nitrogens with zero attached hydrogens (tertiary/aromatic N) is 7. The monoisotopic (exact) mass is 502 g/mol. The predicted molar refractivity (Wildman–Crippen MR) is 130 cm³/mol. The number of hydrogen-bond donors (Lipinski definition) is 1. The zero-order valence-electron chi connectivity index (χ0n) is 20.1. The summed E-state index contributed by atoms with van der Waals surface area (Å²) in [7, 11) is 2.86. The molecule has 0 spiro atoms. The van der Waals surface area contributed by atoms with Crippen molar-refractivity contribution in [1.29, 1.82) is 0 Å². The van der Waals surface area contributed by atoms with E-state index in [0.717, 1.165) is 11.1 Å². The van der Waals surface area contributed by atoms with E-state index in [1.165, 1.54) is 18.9 Å². The number of ether oxygens (including phenoxy) is 1. The van der Waals surface area contributed by atoms with Gasteiger partial charge in [0.15, 0.2) is 0 Å². The summed E-state index contributed by atoms with van der Waals surface area (Å²) in [5.41, 5.74) is 1.71. The van der Waals surface area contributed by atoms with Crippen molar-refractivity contribution in [3.63, 3.8) is 0 Å². The van der Waals surface area contributed by atoms with E-state index < -0.39 is 16.9 Å². The van der Waals surface area contributed by atoms with Gasteiger partial charge in [0.1, 0.15) is 16.9 Å². The summed E-state index contributed by atoms with van der Waals surface area (Å²) in [4.78, 5) is 37.8. The van der Waals surface area contributed by atoms with Crippen LogP contribution in [0.25, 0.3) is 0 Å². The Morgan fingerprint density at radius 2 is 2.03 bits per heavy atom. The predicted octanol–water partition coefficient (Wildman–Crippen LogP) is 3.23. The number of halogens is 1. The van der Waals surface area contributed by atoms with Gasteiger partial charge in [-0.25, -0.2) is 14.8 Å². The molecule has 0 fully saturated rings. The fraction of sp³-hybridized carbons (Fsp3) is 0.409. The number of nitrogens with one attached hydrogen (secondary N) is 1. The highest BCUT2D eigenvalue weighted by atomic mass is 35.5. The molecule has 3 aromatic rings. The second-order valence-corrected chi connectivity index (χ2v) is 8.66. The summed E-state index contributed by atoms with van der Waals surface area (Å²) < 4.78 is 6.66. The Bertz CT molecular complexity index is 1200. The van der Waals surface area contributed by atoms with Crippen molar-refractivity contribution in [2.24, 2.45) is 5.92 Å². The minimum Gasteiger partial charge on any atom is -0.467 e. The third-order valence-corrected chi connectivity index (χ3v) is 5.54. The van der Waals surface area contributed by atoms with Crippen molar-refractivity contribution in [3.05, 3.63) is 62.8 Å². The van der Waals surface area contributed by atoms with Gasteiger partial charge < -0.3 is 15.0 Å². The van der Waals surface area contributed by atoms with Crippen LogP contribution in [0.5, 0.6) is 0 Å². The number of hydrogen-bond acceptors (Lipinski definition) is 10. The molecule has 3 rings (SSSR count). The number of aromatic nitrogens is 5. The summed E-state index contributed by atoms with van der Waals surface area (Å²) >= 11 is 5.83. The van der Waals surface area contributed by atoms with Crippen LogP contribution >= 0.6 is 11.6 Å². The lowest BCUT2D eigenvalue weighted by molar-refractivity contribution is -0.385. The number of likely N-dealkylation sites (N-methyl/N-ethyl adjacent to an activating group) is 1. The van der Waals surface area contributed by atoms with Gasteiger partial charge in [0, 0.05) is 31.5 Å². The highest BCUT2D eigenvalue weighted by Crippen LogP contribution is 2.32. The zero-order valence-corrected chi connectivity index (χ0v) is 20.9. The van der Waals surface area contributed by atoms with Gasteiger partial charge in [0.05, 0.1) is 24.8 Å². The average molecular weight is 503 g/mol. The fourth-order valence-electron chi connectivity index (χ4n) is 3.67. The van der Waals surface area contributed by atoms with Crippen LogP contribution in [0, 0.1) is 23.0 Å². The van der Waals surface area contributed by atoms with E-state index in [2.05, 4.69) is 25.4 Å². The molecule has 3 heterocycles. The highest BCUT2D eigenvalue weighted by Gasteiger charge is 2.34. The molecule has 0 bridgehead atoms. The van der Waals surface area contributed by atoms with E-state index in [9.17, 15) is 14.9 Å². The molecule has 35 heavy (non-hydrogen) atoms. The number of esters is 1. The zero-order chi connectivity index (χ0) is 25.7. The number of aryl methyl sites for hydroxylation is 1. The molecule has 0 unspecified atom stereocenters. The average Bonchev–Trinajstić information content (AvgIpc) is 3.25. The standard InChI is InChI=1S/C22H27ClN8O4/c1-13(2)18(21(32)35-5)29(4)20-19(31(33)34)14(3)27-22(28-20)25-9-16-10-26-30(12-16)11-15-6-7-17(23)24-8-15/h6-8,10,12-13,18H,9,11H2,1-5H3,(H,25,27,28)/t18-/m0/s1. The van der Waals surface area contributed by atoms with Crippen LogP contribution in [-0.2, 0) is 22.6 Å². The quantitative estimate of drug-likeness (QED) is 0.190. The van der Waals surface area contributed by atoms with Crippen molar-refractivity contribution >= 4 is 35.0 Å². The van der Waals surface area contributed by atoms with E-state index in [4.69, 9.17) is 16.3 Å². The molecule has 0 aliphatic heterocycles. The lowest BCUT2D eigenvalue weighted by Crippen LogP contribution is -2.44. The van der Waals surface area contributed by atoms with E-state index in [0.29, 0.717) is 18.2 Å². The van der Waals surface area contributed by atoms with Gasteiger partial charge in [0.2, 0.25) is 11.8 Å². The Balaban J connectivity index is 1.81. The number of anilines is 2. The molecule has 0 amide bonds. The van der Waals surface area contributed by atoms with Gasteiger partial charge in [-0.2, -0.15) is 10.1 Å². The Kier molecular flexibility index (Phi) is 8.18. The second-order valence-electron chi connectivity index (χ2n) is 8.27. The van der Waals surface area contributed by atoms with E-state index in [1.54, 1.807) is 30.2 Å². The van der Waals surface area contributed by atoms with Crippen LogP contribution in [0.3, 0.4) is 0 Å². The van der Waals surface area contributed by atoms with Gasteiger partial charge >= 0.3 is 11.7 Å². The lowest BCUT2D eigenvalue weighted by Gasteiger charge is -2.29. The van der Waals surface area contributed by atoms with E-state index in [-0.39, 0.29) is 29.1 Å². The number of nitro groups is 1. The first kappa shape index (κ1) is 25.8.